The third kappa shape index (κ3) is 7.18. The first kappa shape index (κ1) is 49.7. The maximum absolute atomic E-state index is 2.82. The summed E-state index contributed by atoms with van der Waals surface area (Å²) in [5.74, 6) is 0. The summed E-state index contributed by atoms with van der Waals surface area (Å²) in [5, 5.41) is 0. The molecule has 0 fully saturated rings. The highest BCUT2D eigenvalue weighted by Gasteiger charge is 2.63. The third-order valence-corrected chi connectivity index (χ3v) is 19.8. The van der Waals surface area contributed by atoms with Gasteiger partial charge in [0.05, 0.1) is 16.6 Å². The number of anilines is 8. The zero-order chi connectivity index (χ0) is 54.6. The van der Waals surface area contributed by atoms with E-state index in [0.717, 1.165) is 31.4 Å². The number of nitrogens with zero attached hydrogens (tertiary/aromatic N) is 3. The Morgan fingerprint density at radius 2 is 0.975 bits per heavy atom. The Morgan fingerprint density at radius 3 is 1.66 bits per heavy atom. The van der Waals surface area contributed by atoms with Crippen molar-refractivity contribution in [1.29, 1.82) is 0 Å². The molecule has 2 aliphatic carbocycles. The molecule has 4 heteroatoms. The highest BCUT2D eigenvalue weighted by atomic mass is 15.3. The molecular formula is C75H74BN3. The van der Waals surface area contributed by atoms with Crippen LogP contribution in [0, 0.1) is 0 Å². The van der Waals surface area contributed by atoms with Gasteiger partial charge in [-0.3, -0.25) is 0 Å². The van der Waals surface area contributed by atoms with E-state index < -0.39 is 5.54 Å². The molecule has 2 unspecified atom stereocenters. The first-order chi connectivity index (χ1) is 37.8. The van der Waals surface area contributed by atoms with Crippen molar-refractivity contribution >= 4 is 68.6 Å². The van der Waals surface area contributed by atoms with Gasteiger partial charge in [-0.05, 0) is 175 Å². The fourth-order valence-electron chi connectivity index (χ4n) is 15.5. The minimum Gasteiger partial charge on any atom is -0.330 e. The molecule has 5 aliphatic rings. The second kappa shape index (κ2) is 17.2. The first-order valence-electron chi connectivity index (χ1n) is 29.2. The molecule has 3 heterocycles. The first-order valence-corrected chi connectivity index (χ1v) is 29.2. The Balaban J connectivity index is 1.16. The number of hydrogen-bond donors (Lipinski definition) is 0. The van der Waals surface area contributed by atoms with Crippen molar-refractivity contribution in [3.63, 3.8) is 0 Å². The van der Waals surface area contributed by atoms with Gasteiger partial charge in [-0.25, -0.2) is 0 Å². The Morgan fingerprint density at radius 1 is 0.405 bits per heavy atom. The largest absolute Gasteiger partial charge is 0.330 e. The molecule has 0 aromatic heterocycles. The lowest BCUT2D eigenvalue weighted by atomic mass is 9.33. The van der Waals surface area contributed by atoms with E-state index in [0.29, 0.717) is 0 Å². The Bertz CT molecular complexity index is 3920. The predicted molar refractivity (Wildman–Crippen MR) is 337 cm³/mol. The molecule has 0 spiro atoms. The SMILES string of the molecule is CC(C)(C)c1ccc(N2c3cc4c(cc3B3c5ccccc5N(c5ccccc5)c5cc(N6c7ccc(C(C)(C)C)cc7C7(c8ccccc8)CCc8ccccc8C67C)cc2c53)C(C)(C)CCC4(C)C)c(-c2ccccc2)c1. The standard InChI is InChI=1S/C75H74BN3/c1-70(2,3)52-35-37-63(56(43-52)49-25-15-12-16-26-49)78-66-48-59-58(72(7,8)41-42-73(59,9)10)47-62(66)76-61-33-23-24-34-65(61)77(54-30-19-14-20-31-54)67-45-55(46-68(78)69(67)76)79-64-38-36-53(71(4,5)6)44-60(64)75(51-28-17-13-18-29-51)40-39-50-27-21-22-32-57(50)74(75,79)11/h12-38,43-48H,39-42H2,1-11H3. The molecule has 9 aromatic carbocycles. The van der Waals surface area contributed by atoms with Gasteiger partial charge in [-0.1, -0.05) is 215 Å². The van der Waals surface area contributed by atoms with Crippen LogP contribution in [0.5, 0.6) is 0 Å². The van der Waals surface area contributed by atoms with E-state index in [2.05, 4.69) is 291 Å². The molecule has 2 atom stereocenters. The van der Waals surface area contributed by atoms with Crippen LogP contribution in [0.25, 0.3) is 11.1 Å². The van der Waals surface area contributed by atoms with E-state index in [1.54, 1.807) is 0 Å². The zero-order valence-electron chi connectivity index (χ0n) is 48.3. The molecule has 79 heavy (non-hydrogen) atoms. The lowest BCUT2D eigenvalue weighted by Crippen LogP contribution is -2.62. The smallest absolute Gasteiger partial charge is 0.252 e. The van der Waals surface area contributed by atoms with Crippen LogP contribution in [0.15, 0.2) is 200 Å². The summed E-state index contributed by atoms with van der Waals surface area (Å²) in [5.41, 5.74) is 26.5. The quantitative estimate of drug-likeness (QED) is 0.159. The summed E-state index contributed by atoms with van der Waals surface area (Å²) < 4.78 is 0. The number of aryl methyl sites for hydroxylation is 1. The normalized spacial score (nSPS) is 20.1. The summed E-state index contributed by atoms with van der Waals surface area (Å²) in [6.07, 6.45) is 4.27. The second-order valence-corrected chi connectivity index (χ2v) is 27.3. The van der Waals surface area contributed by atoms with Crippen molar-refractivity contribution < 1.29 is 0 Å². The average Bonchev–Trinajstić information content (AvgIpc) is 2.61. The second-order valence-electron chi connectivity index (χ2n) is 27.3. The molecule has 0 saturated heterocycles. The Labute approximate surface area is 471 Å². The van der Waals surface area contributed by atoms with E-state index in [4.69, 9.17) is 0 Å². The van der Waals surface area contributed by atoms with Gasteiger partial charge < -0.3 is 14.7 Å². The van der Waals surface area contributed by atoms with Crippen LogP contribution >= 0.6 is 0 Å². The molecular weight excluding hydrogens is 954 g/mol. The van der Waals surface area contributed by atoms with E-state index >= 15 is 0 Å². The molecule has 0 saturated carbocycles. The molecule has 3 nitrogen and oxygen atoms in total. The summed E-state index contributed by atoms with van der Waals surface area (Å²) in [6, 6.07) is 78.2. The van der Waals surface area contributed by atoms with Crippen molar-refractivity contribution in [2.24, 2.45) is 0 Å². The Hall–Kier alpha value is -7.56. The van der Waals surface area contributed by atoms with Crippen LogP contribution in [0.1, 0.15) is 140 Å². The minimum atomic E-state index is -0.539. The Kier molecular flexibility index (Phi) is 10.8. The van der Waals surface area contributed by atoms with E-state index in [-0.39, 0.29) is 33.8 Å². The number of para-hydroxylation sites is 2. The van der Waals surface area contributed by atoms with Crippen LogP contribution < -0.4 is 31.1 Å². The predicted octanol–water partition coefficient (Wildman–Crippen LogP) is 17.7. The fourth-order valence-corrected chi connectivity index (χ4v) is 15.5. The van der Waals surface area contributed by atoms with Gasteiger partial charge in [0, 0.05) is 45.4 Å². The van der Waals surface area contributed by atoms with Crippen LogP contribution in [0.4, 0.5) is 45.5 Å². The maximum atomic E-state index is 2.82. The van der Waals surface area contributed by atoms with Crippen molar-refractivity contribution in [1.82, 2.24) is 0 Å². The van der Waals surface area contributed by atoms with Gasteiger partial charge in [-0.2, -0.15) is 0 Å². The molecule has 0 radical (unpaired) electrons. The van der Waals surface area contributed by atoms with Crippen LogP contribution in [0.2, 0.25) is 0 Å². The van der Waals surface area contributed by atoms with Crippen molar-refractivity contribution in [3.8, 4) is 11.1 Å². The highest BCUT2D eigenvalue weighted by molar-refractivity contribution is 7.00. The average molecular weight is 1030 g/mol. The molecule has 14 rings (SSSR count). The minimum absolute atomic E-state index is 0.0124. The van der Waals surface area contributed by atoms with Crippen molar-refractivity contribution in [2.45, 2.75) is 134 Å². The number of rotatable bonds is 5. The van der Waals surface area contributed by atoms with Crippen molar-refractivity contribution in [2.75, 3.05) is 14.7 Å². The molecule has 0 amide bonds. The summed E-state index contributed by atoms with van der Waals surface area (Å²) >= 11 is 0. The summed E-state index contributed by atoms with van der Waals surface area (Å²) in [6.45, 7) is 26.7. The van der Waals surface area contributed by atoms with Gasteiger partial charge in [0.1, 0.15) is 0 Å². The molecule has 3 aliphatic heterocycles. The number of hydrogen-bond acceptors (Lipinski definition) is 3. The van der Waals surface area contributed by atoms with Crippen LogP contribution in [0.3, 0.4) is 0 Å². The van der Waals surface area contributed by atoms with Crippen molar-refractivity contribution in [3.05, 3.63) is 245 Å². The topological polar surface area (TPSA) is 9.72 Å². The van der Waals surface area contributed by atoms with Gasteiger partial charge in [0.2, 0.25) is 0 Å². The summed E-state index contributed by atoms with van der Waals surface area (Å²) in [7, 11) is 0. The number of benzene rings is 9. The highest BCUT2D eigenvalue weighted by Crippen LogP contribution is 2.67. The third-order valence-electron chi connectivity index (χ3n) is 19.8. The van der Waals surface area contributed by atoms with Gasteiger partial charge >= 0.3 is 0 Å². The molecule has 392 valence electrons. The maximum Gasteiger partial charge on any atom is 0.252 e. The molecule has 0 N–H and O–H groups in total. The molecule has 0 bridgehead atoms. The van der Waals surface area contributed by atoms with E-state index in [9.17, 15) is 0 Å². The fraction of sp³-hybridized carbons (Fsp3) is 0.280. The molecule has 9 aromatic rings. The van der Waals surface area contributed by atoms with Crippen LogP contribution in [-0.4, -0.2) is 6.71 Å². The zero-order valence-corrected chi connectivity index (χ0v) is 48.3. The van der Waals surface area contributed by atoms with E-state index in [1.165, 1.54) is 112 Å². The van der Waals surface area contributed by atoms with Gasteiger partial charge in [0.25, 0.3) is 6.71 Å². The van der Waals surface area contributed by atoms with E-state index in [1.807, 2.05) is 0 Å². The lowest BCUT2D eigenvalue weighted by molar-refractivity contribution is 0.270. The number of fused-ring (bicyclic) bond motifs is 10. The summed E-state index contributed by atoms with van der Waals surface area (Å²) in [4.78, 5) is 8.16. The van der Waals surface area contributed by atoms with Gasteiger partial charge in [0.15, 0.2) is 0 Å². The van der Waals surface area contributed by atoms with Crippen LogP contribution in [-0.2, 0) is 39.0 Å². The lowest BCUT2D eigenvalue weighted by Gasteiger charge is -2.53. The van der Waals surface area contributed by atoms with Gasteiger partial charge in [-0.15, -0.1) is 0 Å². The monoisotopic (exact) mass is 1030 g/mol.